The Morgan fingerprint density at radius 2 is 2.00 bits per heavy atom. The van der Waals surface area contributed by atoms with Crippen LogP contribution in [0.3, 0.4) is 0 Å². The van der Waals surface area contributed by atoms with Crippen LogP contribution in [0.5, 0.6) is 0 Å². The Morgan fingerprint density at radius 3 is 2.70 bits per heavy atom. The summed E-state index contributed by atoms with van der Waals surface area (Å²) in [6.07, 6.45) is 6.22. The van der Waals surface area contributed by atoms with Gasteiger partial charge in [0.15, 0.2) is 0 Å². The Morgan fingerprint density at radius 1 is 1.25 bits per heavy atom. The molecule has 2 aromatic rings. The molecular formula is C16H22ClN3. The summed E-state index contributed by atoms with van der Waals surface area (Å²) >= 11 is 5.89. The fraction of sp³-hybridized carbons (Fsp3) is 0.438. The van der Waals surface area contributed by atoms with E-state index in [9.17, 15) is 0 Å². The summed E-state index contributed by atoms with van der Waals surface area (Å²) in [5.74, 6) is 0.711. The number of aryl methyl sites for hydroxylation is 1. The first-order chi connectivity index (χ1) is 9.65. The van der Waals surface area contributed by atoms with Crippen LogP contribution in [0.2, 0.25) is 5.02 Å². The lowest BCUT2D eigenvalue weighted by atomic mass is 10.2. The Labute approximate surface area is 126 Å². The zero-order valence-electron chi connectivity index (χ0n) is 12.1. The first-order valence-corrected chi connectivity index (χ1v) is 7.53. The molecule has 4 heteroatoms. The molecule has 0 aliphatic rings. The van der Waals surface area contributed by atoms with Gasteiger partial charge in [0.05, 0.1) is 11.9 Å². The minimum Gasteiger partial charge on any atom is -0.316 e. The second-order valence-corrected chi connectivity index (χ2v) is 5.91. The highest BCUT2D eigenvalue weighted by Crippen LogP contribution is 2.13. The van der Waals surface area contributed by atoms with E-state index in [2.05, 4.69) is 30.5 Å². The average molecular weight is 292 g/mol. The van der Waals surface area contributed by atoms with E-state index >= 15 is 0 Å². The van der Waals surface area contributed by atoms with Gasteiger partial charge in [0.25, 0.3) is 0 Å². The first kappa shape index (κ1) is 15.1. The van der Waals surface area contributed by atoms with Crippen LogP contribution >= 0.6 is 11.6 Å². The second kappa shape index (κ2) is 7.46. The monoisotopic (exact) mass is 291 g/mol. The second-order valence-electron chi connectivity index (χ2n) is 5.47. The summed E-state index contributed by atoms with van der Waals surface area (Å²) in [5, 5.41) is 8.60. The Bertz CT molecular complexity index is 517. The molecule has 0 saturated carbocycles. The summed E-state index contributed by atoms with van der Waals surface area (Å²) in [7, 11) is 0. The minimum absolute atomic E-state index is 0.711. The number of hydrogen-bond acceptors (Lipinski definition) is 2. The molecule has 2 rings (SSSR count). The van der Waals surface area contributed by atoms with Gasteiger partial charge in [-0.2, -0.15) is 5.10 Å². The lowest BCUT2D eigenvalue weighted by Gasteiger charge is -2.06. The van der Waals surface area contributed by atoms with Gasteiger partial charge in [-0.25, -0.2) is 4.68 Å². The van der Waals surface area contributed by atoms with Gasteiger partial charge < -0.3 is 5.32 Å². The molecule has 0 amide bonds. The molecule has 1 aromatic heterocycles. The average Bonchev–Trinajstić information content (AvgIpc) is 2.87. The van der Waals surface area contributed by atoms with Crippen LogP contribution < -0.4 is 5.32 Å². The Hall–Kier alpha value is -1.32. The number of halogens is 1. The third-order valence-corrected chi connectivity index (χ3v) is 3.35. The Balaban J connectivity index is 1.82. The molecule has 0 spiro atoms. The molecule has 1 heterocycles. The lowest BCUT2D eigenvalue weighted by Crippen LogP contribution is -2.20. The molecule has 0 radical (unpaired) electrons. The van der Waals surface area contributed by atoms with Crippen molar-refractivity contribution in [3.63, 3.8) is 0 Å². The minimum atomic E-state index is 0.711. The van der Waals surface area contributed by atoms with E-state index < -0.39 is 0 Å². The van der Waals surface area contributed by atoms with Gasteiger partial charge in [0, 0.05) is 11.2 Å². The third-order valence-electron chi connectivity index (χ3n) is 3.10. The van der Waals surface area contributed by atoms with Gasteiger partial charge in [0.2, 0.25) is 0 Å². The lowest BCUT2D eigenvalue weighted by molar-refractivity contribution is 0.543. The standard InChI is InChI=1S/C16H22ClN3/c1-13(2)10-18-9-3-4-14-11-19-20(12-14)16-7-5-15(17)6-8-16/h5-8,11-13,18H,3-4,9-10H2,1-2H3. The molecule has 0 aliphatic heterocycles. The molecule has 1 aromatic carbocycles. The highest BCUT2D eigenvalue weighted by molar-refractivity contribution is 6.30. The quantitative estimate of drug-likeness (QED) is 0.788. The number of rotatable bonds is 7. The van der Waals surface area contributed by atoms with Crippen molar-refractivity contribution in [1.29, 1.82) is 0 Å². The maximum absolute atomic E-state index is 5.89. The van der Waals surface area contributed by atoms with Crippen molar-refractivity contribution in [2.45, 2.75) is 26.7 Å². The molecule has 108 valence electrons. The predicted octanol–water partition coefficient (Wildman–Crippen LogP) is 3.70. The summed E-state index contributed by atoms with van der Waals surface area (Å²) < 4.78 is 1.90. The first-order valence-electron chi connectivity index (χ1n) is 7.15. The summed E-state index contributed by atoms with van der Waals surface area (Å²) in [4.78, 5) is 0. The number of aromatic nitrogens is 2. The smallest absolute Gasteiger partial charge is 0.0646 e. The molecule has 0 bridgehead atoms. The van der Waals surface area contributed by atoms with E-state index in [-0.39, 0.29) is 0 Å². The van der Waals surface area contributed by atoms with Crippen LogP contribution in [0.1, 0.15) is 25.8 Å². The largest absolute Gasteiger partial charge is 0.316 e. The Kier molecular flexibility index (Phi) is 5.62. The van der Waals surface area contributed by atoms with E-state index in [0.29, 0.717) is 5.92 Å². The molecule has 0 saturated heterocycles. The molecule has 0 fully saturated rings. The number of nitrogens with one attached hydrogen (secondary N) is 1. The zero-order valence-corrected chi connectivity index (χ0v) is 12.9. The molecule has 3 nitrogen and oxygen atoms in total. The number of hydrogen-bond donors (Lipinski definition) is 1. The predicted molar refractivity (Wildman–Crippen MR) is 84.6 cm³/mol. The van der Waals surface area contributed by atoms with E-state index in [0.717, 1.165) is 36.6 Å². The van der Waals surface area contributed by atoms with Crippen LogP contribution in [0.25, 0.3) is 5.69 Å². The summed E-state index contributed by atoms with van der Waals surface area (Å²) in [6, 6.07) is 7.72. The SMILES string of the molecule is CC(C)CNCCCc1cnn(-c2ccc(Cl)cc2)c1. The van der Waals surface area contributed by atoms with Crippen molar-refractivity contribution >= 4 is 11.6 Å². The van der Waals surface area contributed by atoms with Gasteiger partial charge in [-0.05, 0) is 61.7 Å². The highest BCUT2D eigenvalue weighted by atomic mass is 35.5. The van der Waals surface area contributed by atoms with Gasteiger partial charge >= 0.3 is 0 Å². The summed E-state index contributed by atoms with van der Waals surface area (Å²) in [6.45, 7) is 6.60. The number of benzene rings is 1. The molecule has 20 heavy (non-hydrogen) atoms. The maximum Gasteiger partial charge on any atom is 0.0646 e. The van der Waals surface area contributed by atoms with Crippen molar-refractivity contribution in [3.05, 3.63) is 47.2 Å². The van der Waals surface area contributed by atoms with E-state index in [1.165, 1.54) is 5.56 Å². The van der Waals surface area contributed by atoms with Gasteiger partial charge in [-0.1, -0.05) is 25.4 Å². The van der Waals surface area contributed by atoms with Gasteiger partial charge in [0.1, 0.15) is 0 Å². The fourth-order valence-electron chi connectivity index (χ4n) is 2.03. The van der Waals surface area contributed by atoms with Crippen molar-refractivity contribution in [2.75, 3.05) is 13.1 Å². The third kappa shape index (κ3) is 4.66. The zero-order chi connectivity index (χ0) is 14.4. The van der Waals surface area contributed by atoms with Crippen LogP contribution in [-0.2, 0) is 6.42 Å². The molecular weight excluding hydrogens is 270 g/mol. The maximum atomic E-state index is 5.89. The highest BCUT2D eigenvalue weighted by Gasteiger charge is 2.01. The van der Waals surface area contributed by atoms with Crippen LogP contribution in [0.4, 0.5) is 0 Å². The van der Waals surface area contributed by atoms with Gasteiger partial charge in [-0.3, -0.25) is 0 Å². The van der Waals surface area contributed by atoms with Crippen molar-refractivity contribution < 1.29 is 0 Å². The summed E-state index contributed by atoms with van der Waals surface area (Å²) in [5.41, 5.74) is 2.31. The normalized spacial score (nSPS) is 11.2. The molecule has 1 N–H and O–H groups in total. The topological polar surface area (TPSA) is 29.9 Å². The van der Waals surface area contributed by atoms with Crippen molar-refractivity contribution in [3.8, 4) is 5.69 Å². The number of nitrogens with zero attached hydrogens (tertiary/aromatic N) is 2. The van der Waals surface area contributed by atoms with E-state index in [1.807, 2.05) is 35.1 Å². The van der Waals surface area contributed by atoms with Gasteiger partial charge in [-0.15, -0.1) is 0 Å². The van der Waals surface area contributed by atoms with E-state index in [1.54, 1.807) is 0 Å². The van der Waals surface area contributed by atoms with Crippen LogP contribution in [-0.4, -0.2) is 22.9 Å². The molecule has 0 aliphatic carbocycles. The fourth-order valence-corrected chi connectivity index (χ4v) is 2.16. The van der Waals surface area contributed by atoms with E-state index in [4.69, 9.17) is 11.6 Å². The molecule has 0 atom stereocenters. The molecule has 0 unspecified atom stereocenters. The van der Waals surface area contributed by atoms with Crippen molar-refractivity contribution in [2.24, 2.45) is 5.92 Å². The van der Waals surface area contributed by atoms with Crippen molar-refractivity contribution in [1.82, 2.24) is 15.1 Å². The van der Waals surface area contributed by atoms with Crippen LogP contribution in [0, 0.1) is 5.92 Å². The van der Waals surface area contributed by atoms with Crippen LogP contribution in [0.15, 0.2) is 36.7 Å².